The summed E-state index contributed by atoms with van der Waals surface area (Å²) >= 11 is 0. The van der Waals surface area contributed by atoms with E-state index in [-0.39, 0.29) is 28.8 Å². The van der Waals surface area contributed by atoms with E-state index in [1.807, 2.05) is 46.8 Å². The Morgan fingerprint density at radius 3 is 2.11 bits per heavy atom. The van der Waals surface area contributed by atoms with Crippen LogP contribution in [0.25, 0.3) is 0 Å². The molecule has 3 rings (SSSR count). The van der Waals surface area contributed by atoms with E-state index < -0.39 is 51.3 Å². The number of nitrogens with one attached hydrogen (secondary N) is 4. The van der Waals surface area contributed by atoms with Gasteiger partial charge in [0, 0.05) is 24.2 Å². The summed E-state index contributed by atoms with van der Waals surface area (Å²) in [6.07, 6.45) is 0. The molecule has 0 bridgehead atoms. The molecular weight excluding hydrogens is 582 g/mol. The Kier molecular flexibility index (Phi) is 10.8. The maximum atomic E-state index is 13.6. The van der Waals surface area contributed by atoms with Crippen molar-refractivity contribution in [1.82, 2.24) is 25.6 Å². The molecule has 0 radical (unpaired) electrons. The van der Waals surface area contributed by atoms with Crippen molar-refractivity contribution in [1.29, 1.82) is 0 Å². The first kappa shape index (κ1) is 34.5. The van der Waals surface area contributed by atoms with Gasteiger partial charge in [0.1, 0.15) is 12.1 Å². The molecule has 0 spiro atoms. The average molecular weight is 626 g/mol. The van der Waals surface area contributed by atoms with Gasteiger partial charge in [-0.3, -0.25) is 19.2 Å². The van der Waals surface area contributed by atoms with Crippen LogP contribution >= 0.6 is 0 Å². The van der Waals surface area contributed by atoms with Crippen LogP contribution in [0.3, 0.4) is 0 Å². The van der Waals surface area contributed by atoms with Gasteiger partial charge >= 0.3 is 0 Å². The maximum Gasteiger partial charge on any atom is 0.255 e. The van der Waals surface area contributed by atoms with Gasteiger partial charge in [-0.15, -0.1) is 0 Å². The molecule has 12 heteroatoms. The smallest absolute Gasteiger partial charge is 0.255 e. The summed E-state index contributed by atoms with van der Waals surface area (Å²) in [6, 6.07) is 10.8. The maximum absolute atomic E-state index is 13.6. The summed E-state index contributed by atoms with van der Waals surface area (Å²) in [5.41, 5.74) is 1.60. The number of sulfonamides is 1. The monoisotopic (exact) mass is 625 g/mol. The molecule has 0 saturated carbocycles. The zero-order valence-electron chi connectivity index (χ0n) is 26.4. The van der Waals surface area contributed by atoms with E-state index in [4.69, 9.17) is 0 Å². The number of benzene rings is 2. The van der Waals surface area contributed by atoms with Gasteiger partial charge in [0.05, 0.1) is 10.9 Å². The molecule has 3 atom stereocenters. The number of carbonyl (C=O) groups excluding carboxylic acids is 4. The standard InChI is InChI=1S/C32H43N5O6S/c1-19(2)26(20(3)28(38)34-17-22-13-15-24(16-14-22)44(42,43)33-8)36-29(39)21(4)35-30(40)27(32(5,6)7)37-18-23-11-9-10-12-25(23)31(37)41/h9-16,19,21,26-27,33H,3,17-18H2,1-2,4-8H3,(H,34,38)(H,35,40)(H,36,39)/t21-,26-,27+/m0/s1. The van der Waals surface area contributed by atoms with E-state index in [1.165, 1.54) is 19.2 Å². The van der Waals surface area contributed by atoms with E-state index in [1.54, 1.807) is 36.1 Å². The minimum atomic E-state index is -3.57. The molecule has 4 N–H and O–H groups in total. The van der Waals surface area contributed by atoms with Crippen molar-refractivity contribution < 1.29 is 27.6 Å². The minimum absolute atomic E-state index is 0.106. The minimum Gasteiger partial charge on any atom is -0.348 e. The second-order valence-corrected chi connectivity index (χ2v) is 14.3. The Hall–Kier alpha value is -4.03. The molecule has 1 heterocycles. The van der Waals surface area contributed by atoms with Crippen molar-refractivity contribution >= 4 is 33.7 Å². The highest BCUT2D eigenvalue weighted by Gasteiger charge is 2.43. The van der Waals surface area contributed by atoms with Gasteiger partial charge in [-0.2, -0.15) is 0 Å². The number of hydrogen-bond donors (Lipinski definition) is 4. The van der Waals surface area contributed by atoms with Gasteiger partial charge < -0.3 is 20.9 Å². The van der Waals surface area contributed by atoms with E-state index in [9.17, 15) is 27.6 Å². The number of carbonyl (C=O) groups is 4. The lowest BCUT2D eigenvalue weighted by Gasteiger charge is -2.37. The zero-order valence-corrected chi connectivity index (χ0v) is 27.2. The third kappa shape index (κ3) is 7.92. The SMILES string of the molecule is C=C(C(=O)NCc1ccc(S(=O)(=O)NC)cc1)[C@@H](NC(=O)[C@H](C)NC(=O)[C@@H](N1Cc2ccccc2C1=O)C(C)(C)C)C(C)C. The van der Waals surface area contributed by atoms with Gasteiger partial charge in [-0.25, -0.2) is 13.1 Å². The molecule has 238 valence electrons. The molecule has 0 saturated heterocycles. The Balaban J connectivity index is 1.63. The van der Waals surface area contributed by atoms with Crippen molar-refractivity contribution in [3.8, 4) is 0 Å². The molecule has 0 aromatic heterocycles. The van der Waals surface area contributed by atoms with Gasteiger partial charge in [0.25, 0.3) is 5.91 Å². The predicted molar refractivity (Wildman–Crippen MR) is 168 cm³/mol. The van der Waals surface area contributed by atoms with Gasteiger partial charge in [-0.05, 0) is 54.6 Å². The molecule has 11 nitrogen and oxygen atoms in total. The first-order chi connectivity index (χ1) is 20.5. The van der Waals surface area contributed by atoms with Crippen LogP contribution in [0, 0.1) is 11.3 Å². The number of fused-ring (bicyclic) bond motifs is 1. The van der Waals surface area contributed by atoms with Crippen LogP contribution in [0.5, 0.6) is 0 Å². The fraction of sp³-hybridized carbons (Fsp3) is 0.438. The number of amides is 4. The molecule has 44 heavy (non-hydrogen) atoms. The summed E-state index contributed by atoms with van der Waals surface area (Å²) in [6.45, 7) is 15.2. The summed E-state index contributed by atoms with van der Waals surface area (Å²) in [5.74, 6) is -1.86. The van der Waals surface area contributed by atoms with Crippen molar-refractivity contribution in [2.45, 2.75) is 77.7 Å². The Labute approximate surface area is 259 Å². The van der Waals surface area contributed by atoms with Crippen LogP contribution in [-0.2, 0) is 37.5 Å². The number of rotatable bonds is 12. The lowest BCUT2D eigenvalue weighted by molar-refractivity contribution is -0.134. The quantitative estimate of drug-likeness (QED) is 0.266. The summed E-state index contributed by atoms with van der Waals surface area (Å²) in [7, 11) is -2.25. The zero-order chi connectivity index (χ0) is 33.0. The molecule has 0 unspecified atom stereocenters. The fourth-order valence-corrected chi connectivity index (χ4v) is 5.85. The van der Waals surface area contributed by atoms with E-state index >= 15 is 0 Å². The van der Waals surface area contributed by atoms with Gasteiger partial charge in [0.15, 0.2) is 0 Å². The van der Waals surface area contributed by atoms with E-state index in [2.05, 4.69) is 27.3 Å². The molecule has 4 amide bonds. The second-order valence-electron chi connectivity index (χ2n) is 12.4. The molecular formula is C32H43N5O6S. The highest BCUT2D eigenvalue weighted by molar-refractivity contribution is 7.89. The van der Waals surface area contributed by atoms with E-state index in [0.29, 0.717) is 17.7 Å². The van der Waals surface area contributed by atoms with Crippen LogP contribution < -0.4 is 20.7 Å². The van der Waals surface area contributed by atoms with Crippen molar-refractivity contribution in [3.63, 3.8) is 0 Å². The topological polar surface area (TPSA) is 154 Å². The number of hydrogen-bond acceptors (Lipinski definition) is 6. The van der Waals surface area contributed by atoms with Crippen LogP contribution in [0.4, 0.5) is 0 Å². The summed E-state index contributed by atoms with van der Waals surface area (Å²) < 4.78 is 26.1. The highest BCUT2D eigenvalue weighted by atomic mass is 32.2. The molecule has 0 fully saturated rings. The second kappa shape index (κ2) is 13.7. The van der Waals surface area contributed by atoms with Crippen molar-refractivity contribution in [2.24, 2.45) is 11.3 Å². The first-order valence-corrected chi connectivity index (χ1v) is 15.9. The third-order valence-corrected chi connectivity index (χ3v) is 9.00. The largest absolute Gasteiger partial charge is 0.348 e. The molecule has 2 aromatic rings. The van der Waals surface area contributed by atoms with Crippen LogP contribution in [-0.4, -0.2) is 62.1 Å². The third-order valence-electron chi connectivity index (χ3n) is 7.57. The van der Waals surface area contributed by atoms with Gasteiger partial charge in [0.2, 0.25) is 27.7 Å². The Bertz CT molecular complexity index is 1530. The van der Waals surface area contributed by atoms with Crippen molar-refractivity contribution in [2.75, 3.05) is 7.05 Å². The Morgan fingerprint density at radius 2 is 1.57 bits per heavy atom. The molecule has 0 aliphatic carbocycles. The highest BCUT2D eigenvalue weighted by Crippen LogP contribution is 2.32. The fourth-order valence-electron chi connectivity index (χ4n) is 5.12. The lowest BCUT2D eigenvalue weighted by atomic mass is 9.84. The van der Waals surface area contributed by atoms with Crippen LogP contribution in [0.15, 0.2) is 65.6 Å². The molecule has 1 aliphatic heterocycles. The lowest BCUT2D eigenvalue weighted by Crippen LogP contribution is -2.58. The van der Waals surface area contributed by atoms with Gasteiger partial charge in [-0.1, -0.05) is 71.5 Å². The molecule has 1 aliphatic rings. The first-order valence-electron chi connectivity index (χ1n) is 14.5. The summed E-state index contributed by atoms with van der Waals surface area (Å²) in [5, 5.41) is 8.35. The molecule has 2 aromatic carbocycles. The van der Waals surface area contributed by atoms with E-state index in [0.717, 1.165) is 5.56 Å². The number of nitrogens with zero attached hydrogens (tertiary/aromatic N) is 1. The van der Waals surface area contributed by atoms with Crippen LogP contribution in [0.2, 0.25) is 0 Å². The van der Waals surface area contributed by atoms with Crippen LogP contribution in [0.1, 0.15) is 63.0 Å². The predicted octanol–water partition coefficient (Wildman–Crippen LogP) is 2.48. The normalized spacial score (nSPS) is 15.3. The van der Waals surface area contributed by atoms with Crippen molar-refractivity contribution in [3.05, 3.63) is 77.4 Å². The average Bonchev–Trinajstić information content (AvgIpc) is 3.28. The Morgan fingerprint density at radius 1 is 0.955 bits per heavy atom. The summed E-state index contributed by atoms with van der Waals surface area (Å²) in [4.78, 5) is 54.6.